The van der Waals surface area contributed by atoms with Crippen molar-refractivity contribution in [2.75, 3.05) is 25.6 Å². The van der Waals surface area contributed by atoms with Crippen LogP contribution in [0.15, 0.2) is 78.9 Å². The van der Waals surface area contributed by atoms with Crippen LogP contribution in [0.4, 0.5) is 11.4 Å². The first-order chi connectivity index (χ1) is 14.1. The zero-order valence-electron chi connectivity index (χ0n) is 16.0. The molecule has 3 aromatic carbocycles. The first-order valence-electron chi connectivity index (χ1n) is 9.02. The molecule has 0 aromatic heterocycles. The van der Waals surface area contributed by atoms with E-state index >= 15 is 0 Å². The van der Waals surface area contributed by atoms with Crippen molar-refractivity contribution in [3.63, 3.8) is 0 Å². The Morgan fingerprint density at radius 3 is 2.03 bits per heavy atom. The van der Waals surface area contributed by atoms with Crippen molar-refractivity contribution in [2.24, 2.45) is 0 Å². The van der Waals surface area contributed by atoms with Gasteiger partial charge in [0.15, 0.2) is 19.0 Å². The molecular weight excluding hydrogens is 370 g/mol. The van der Waals surface area contributed by atoms with E-state index in [2.05, 4.69) is 5.32 Å². The van der Waals surface area contributed by atoms with Crippen LogP contribution < -0.4 is 14.8 Å². The van der Waals surface area contributed by atoms with Crippen LogP contribution in [0.1, 0.15) is 10.4 Å². The van der Waals surface area contributed by atoms with Crippen LogP contribution in [0.2, 0.25) is 0 Å². The lowest BCUT2D eigenvalue weighted by Gasteiger charge is -2.09. The number of nitrogens with one attached hydrogen (secondary N) is 1. The van der Waals surface area contributed by atoms with Gasteiger partial charge in [0.05, 0.1) is 7.11 Å². The Morgan fingerprint density at radius 1 is 0.759 bits per heavy atom. The summed E-state index contributed by atoms with van der Waals surface area (Å²) >= 11 is 0. The molecule has 0 aliphatic heterocycles. The summed E-state index contributed by atoms with van der Waals surface area (Å²) in [5, 5.41) is 3.26. The number of ketones is 1. The van der Waals surface area contributed by atoms with E-state index in [4.69, 9.17) is 14.2 Å². The van der Waals surface area contributed by atoms with Gasteiger partial charge in [0.2, 0.25) is 0 Å². The Bertz CT molecular complexity index is 937. The number of Topliss-reactive ketones (excluding diaryl/α,β-unsaturated/α-hetero) is 1. The zero-order valence-corrected chi connectivity index (χ0v) is 16.0. The lowest BCUT2D eigenvalue weighted by atomic mass is 10.1. The van der Waals surface area contributed by atoms with Gasteiger partial charge in [-0.1, -0.05) is 18.2 Å². The first-order valence-corrected chi connectivity index (χ1v) is 9.02. The Labute approximate surface area is 169 Å². The maximum absolute atomic E-state index is 12.0. The summed E-state index contributed by atoms with van der Waals surface area (Å²) in [7, 11) is 1.55. The number of rotatable bonds is 9. The van der Waals surface area contributed by atoms with Gasteiger partial charge in [-0.3, -0.25) is 4.79 Å². The lowest BCUT2D eigenvalue weighted by Crippen LogP contribution is -2.19. The predicted molar refractivity (Wildman–Crippen MR) is 110 cm³/mol. The summed E-state index contributed by atoms with van der Waals surface area (Å²) in [4.78, 5) is 23.9. The molecule has 6 nitrogen and oxygen atoms in total. The van der Waals surface area contributed by atoms with Gasteiger partial charge < -0.3 is 19.5 Å². The molecule has 0 heterocycles. The van der Waals surface area contributed by atoms with Gasteiger partial charge in [0.25, 0.3) is 0 Å². The molecule has 0 aliphatic rings. The van der Waals surface area contributed by atoms with Crippen LogP contribution in [-0.2, 0) is 9.53 Å². The molecule has 148 valence electrons. The van der Waals surface area contributed by atoms with Crippen LogP contribution in [-0.4, -0.2) is 32.1 Å². The number of hydrogen-bond donors (Lipinski definition) is 1. The molecule has 6 heteroatoms. The summed E-state index contributed by atoms with van der Waals surface area (Å²) in [6, 6.07) is 23.6. The normalized spacial score (nSPS) is 10.1. The standard InChI is InChI=1S/C23H21NO5/c1-27-20-11-7-17(8-12-20)22(25)15-29-23(26)16-28-21-13-9-19(10-14-21)24-18-5-3-2-4-6-18/h2-14,24H,15-16H2,1H3. The van der Waals surface area contributed by atoms with E-state index in [-0.39, 0.29) is 19.0 Å². The van der Waals surface area contributed by atoms with E-state index < -0.39 is 5.97 Å². The van der Waals surface area contributed by atoms with Crippen LogP contribution in [0.5, 0.6) is 11.5 Å². The highest BCUT2D eigenvalue weighted by atomic mass is 16.6. The topological polar surface area (TPSA) is 73.9 Å². The maximum Gasteiger partial charge on any atom is 0.344 e. The Hall–Kier alpha value is -3.80. The van der Waals surface area contributed by atoms with Gasteiger partial charge in [-0.25, -0.2) is 4.79 Å². The summed E-state index contributed by atoms with van der Waals surface area (Å²) in [6.45, 7) is -0.615. The molecule has 3 aromatic rings. The van der Waals surface area contributed by atoms with E-state index in [1.165, 1.54) is 0 Å². The third kappa shape index (κ3) is 6.10. The van der Waals surface area contributed by atoms with Gasteiger partial charge in [0.1, 0.15) is 11.5 Å². The number of para-hydroxylation sites is 1. The van der Waals surface area contributed by atoms with Crippen molar-refractivity contribution in [1.29, 1.82) is 0 Å². The van der Waals surface area contributed by atoms with E-state index in [0.29, 0.717) is 17.1 Å². The molecule has 0 spiro atoms. The molecule has 0 bridgehead atoms. The number of methoxy groups -OCH3 is 1. The molecular formula is C23H21NO5. The van der Waals surface area contributed by atoms with Crippen LogP contribution in [0, 0.1) is 0 Å². The zero-order chi connectivity index (χ0) is 20.5. The molecule has 29 heavy (non-hydrogen) atoms. The minimum atomic E-state index is -0.613. The third-order valence-corrected chi connectivity index (χ3v) is 4.05. The molecule has 0 radical (unpaired) electrons. The fourth-order valence-electron chi connectivity index (χ4n) is 2.51. The fraction of sp³-hybridized carbons (Fsp3) is 0.130. The third-order valence-electron chi connectivity index (χ3n) is 4.05. The van der Waals surface area contributed by atoms with E-state index in [1.54, 1.807) is 43.5 Å². The highest BCUT2D eigenvalue weighted by Crippen LogP contribution is 2.20. The van der Waals surface area contributed by atoms with Crippen molar-refractivity contribution in [1.82, 2.24) is 0 Å². The largest absolute Gasteiger partial charge is 0.497 e. The highest BCUT2D eigenvalue weighted by molar-refractivity contribution is 5.98. The van der Waals surface area contributed by atoms with Gasteiger partial charge in [0, 0.05) is 16.9 Å². The molecule has 0 aliphatic carbocycles. The molecule has 0 fully saturated rings. The van der Waals surface area contributed by atoms with Crippen LogP contribution in [0.25, 0.3) is 0 Å². The second-order valence-electron chi connectivity index (χ2n) is 6.12. The molecule has 0 saturated heterocycles. The molecule has 1 N–H and O–H groups in total. The van der Waals surface area contributed by atoms with Crippen molar-refractivity contribution >= 4 is 23.1 Å². The Balaban J connectivity index is 1.42. The van der Waals surface area contributed by atoms with Crippen LogP contribution >= 0.6 is 0 Å². The van der Waals surface area contributed by atoms with Crippen molar-refractivity contribution < 1.29 is 23.8 Å². The second kappa shape index (κ2) is 9.94. The molecule has 3 rings (SSSR count). The number of ether oxygens (including phenoxy) is 3. The number of esters is 1. The fourth-order valence-corrected chi connectivity index (χ4v) is 2.51. The molecule has 0 saturated carbocycles. The summed E-state index contributed by atoms with van der Waals surface area (Å²) in [5.74, 6) is 0.273. The number of benzene rings is 3. The van der Waals surface area contributed by atoms with E-state index in [0.717, 1.165) is 11.4 Å². The van der Waals surface area contributed by atoms with Crippen molar-refractivity contribution in [2.45, 2.75) is 0 Å². The minimum absolute atomic E-state index is 0.276. The molecule has 0 atom stereocenters. The van der Waals surface area contributed by atoms with Crippen LogP contribution in [0.3, 0.4) is 0 Å². The van der Waals surface area contributed by atoms with Gasteiger partial charge >= 0.3 is 5.97 Å². The smallest absolute Gasteiger partial charge is 0.344 e. The quantitative estimate of drug-likeness (QED) is 0.434. The molecule has 0 amide bonds. The monoisotopic (exact) mass is 391 g/mol. The van der Waals surface area contributed by atoms with Crippen molar-refractivity contribution in [3.05, 3.63) is 84.4 Å². The minimum Gasteiger partial charge on any atom is -0.497 e. The Kier molecular flexibility index (Phi) is 6.84. The average molecular weight is 391 g/mol. The van der Waals surface area contributed by atoms with E-state index in [9.17, 15) is 9.59 Å². The average Bonchev–Trinajstić information content (AvgIpc) is 2.77. The lowest BCUT2D eigenvalue weighted by molar-refractivity contribution is -0.144. The maximum atomic E-state index is 12.0. The summed E-state index contributed by atoms with van der Waals surface area (Å²) < 4.78 is 15.4. The number of hydrogen-bond acceptors (Lipinski definition) is 6. The number of anilines is 2. The summed E-state index contributed by atoms with van der Waals surface area (Å²) in [6.07, 6.45) is 0. The van der Waals surface area contributed by atoms with E-state index in [1.807, 2.05) is 42.5 Å². The molecule has 0 unspecified atom stereocenters. The SMILES string of the molecule is COc1ccc(C(=O)COC(=O)COc2ccc(Nc3ccccc3)cc2)cc1. The number of carbonyl (C=O) groups is 2. The first kappa shape index (κ1) is 19.9. The number of carbonyl (C=O) groups excluding carboxylic acids is 2. The summed E-state index contributed by atoms with van der Waals surface area (Å²) in [5.41, 5.74) is 2.32. The van der Waals surface area contributed by atoms with Gasteiger partial charge in [-0.15, -0.1) is 0 Å². The predicted octanol–water partition coefficient (Wildman–Crippen LogP) is 4.24. The van der Waals surface area contributed by atoms with Crippen molar-refractivity contribution in [3.8, 4) is 11.5 Å². The second-order valence-corrected chi connectivity index (χ2v) is 6.12. The van der Waals surface area contributed by atoms with Gasteiger partial charge in [-0.2, -0.15) is 0 Å². The van der Waals surface area contributed by atoms with Gasteiger partial charge in [-0.05, 0) is 60.7 Å². The Morgan fingerprint density at radius 2 is 1.38 bits per heavy atom. The highest BCUT2D eigenvalue weighted by Gasteiger charge is 2.11.